The fourth-order valence-electron chi connectivity index (χ4n) is 2.33. The van der Waals surface area contributed by atoms with Crippen LogP contribution in [0.5, 0.6) is 0 Å². The molecular formula is C11H22N2. The van der Waals surface area contributed by atoms with Gasteiger partial charge in [0.1, 0.15) is 0 Å². The van der Waals surface area contributed by atoms with Gasteiger partial charge < -0.3 is 9.80 Å². The van der Waals surface area contributed by atoms with Crippen LogP contribution in [-0.4, -0.2) is 49.1 Å². The standard InChI is InChI=1S/C11H22N2/c1-2-12-6-8-13(9-7-12)10-11-4-3-5-11/h11H,2-10H2,1H3. The van der Waals surface area contributed by atoms with E-state index in [4.69, 9.17) is 0 Å². The van der Waals surface area contributed by atoms with Gasteiger partial charge in [-0.1, -0.05) is 13.3 Å². The number of rotatable bonds is 3. The molecule has 13 heavy (non-hydrogen) atoms. The minimum atomic E-state index is 1.05. The molecule has 0 atom stereocenters. The van der Waals surface area contributed by atoms with Gasteiger partial charge in [-0.3, -0.25) is 0 Å². The molecule has 1 aliphatic heterocycles. The van der Waals surface area contributed by atoms with Crippen LogP contribution in [0.25, 0.3) is 0 Å². The zero-order valence-electron chi connectivity index (χ0n) is 8.84. The van der Waals surface area contributed by atoms with E-state index in [1.807, 2.05) is 0 Å². The molecule has 2 nitrogen and oxygen atoms in total. The van der Waals surface area contributed by atoms with Gasteiger partial charge in [-0.25, -0.2) is 0 Å². The molecule has 1 saturated heterocycles. The van der Waals surface area contributed by atoms with Crippen molar-refractivity contribution in [2.75, 3.05) is 39.3 Å². The Labute approximate surface area is 81.9 Å². The van der Waals surface area contributed by atoms with Gasteiger partial charge in [0.2, 0.25) is 0 Å². The molecule has 0 radical (unpaired) electrons. The molecule has 76 valence electrons. The highest BCUT2D eigenvalue weighted by Crippen LogP contribution is 2.27. The Hall–Kier alpha value is -0.0800. The minimum absolute atomic E-state index is 1.05. The first-order chi connectivity index (χ1) is 6.38. The maximum atomic E-state index is 2.66. The maximum absolute atomic E-state index is 2.66. The summed E-state index contributed by atoms with van der Waals surface area (Å²) in [5.74, 6) is 1.05. The van der Waals surface area contributed by atoms with Crippen molar-refractivity contribution in [3.8, 4) is 0 Å². The Morgan fingerprint density at radius 2 is 1.62 bits per heavy atom. The highest BCUT2D eigenvalue weighted by atomic mass is 15.3. The fourth-order valence-corrected chi connectivity index (χ4v) is 2.33. The van der Waals surface area contributed by atoms with Gasteiger partial charge in [-0.05, 0) is 25.3 Å². The zero-order chi connectivity index (χ0) is 9.10. The van der Waals surface area contributed by atoms with Crippen LogP contribution >= 0.6 is 0 Å². The molecule has 2 rings (SSSR count). The highest BCUT2D eigenvalue weighted by molar-refractivity contribution is 4.77. The van der Waals surface area contributed by atoms with Gasteiger partial charge in [0.25, 0.3) is 0 Å². The summed E-state index contributed by atoms with van der Waals surface area (Å²) in [4.78, 5) is 5.22. The van der Waals surface area contributed by atoms with E-state index in [1.165, 1.54) is 58.5 Å². The third-order valence-electron chi connectivity index (χ3n) is 3.65. The normalized spacial score (nSPS) is 27.5. The fraction of sp³-hybridized carbons (Fsp3) is 1.00. The van der Waals surface area contributed by atoms with Crippen LogP contribution in [0.15, 0.2) is 0 Å². The summed E-state index contributed by atoms with van der Waals surface area (Å²) in [6.07, 6.45) is 4.47. The van der Waals surface area contributed by atoms with Gasteiger partial charge in [-0.15, -0.1) is 0 Å². The average molecular weight is 182 g/mol. The lowest BCUT2D eigenvalue weighted by molar-refractivity contribution is 0.104. The van der Waals surface area contributed by atoms with Gasteiger partial charge in [-0.2, -0.15) is 0 Å². The Morgan fingerprint density at radius 1 is 1.00 bits per heavy atom. The molecule has 0 unspecified atom stereocenters. The third kappa shape index (κ3) is 2.44. The second-order valence-electron chi connectivity index (χ2n) is 4.53. The van der Waals surface area contributed by atoms with Gasteiger partial charge in [0, 0.05) is 32.7 Å². The van der Waals surface area contributed by atoms with Crippen molar-refractivity contribution in [1.29, 1.82) is 0 Å². The Kier molecular flexibility index (Phi) is 3.23. The maximum Gasteiger partial charge on any atom is 0.0110 e. The van der Waals surface area contributed by atoms with Crippen molar-refractivity contribution in [1.82, 2.24) is 9.80 Å². The van der Waals surface area contributed by atoms with Crippen LogP contribution in [0, 0.1) is 5.92 Å². The summed E-state index contributed by atoms with van der Waals surface area (Å²) < 4.78 is 0. The number of nitrogens with zero attached hydrogens (tertiary/aromatic N) is 2. The summed E-state index contributed by atoms with van der Waals surface area (Å²) in [6.45, 7) is 10.1. The monoisotopic (exact) mass is 182 g/mol. The van der Waals surface area contributed by atoms with E-state index in [0.29, 0.717) is 0 Å². The minimum Gasteiger partial charge on any atom is -0.301 e. The van der Waals surface area contributed by atoms with Crippen molar-refractivity contribution in [3.63, 3.8) is 0 Å². The number of piperazine rings is 1. The van der Waals surface area contributed by atoms with Crippen molar-refractivity contribution in [3.05, 3.63) is 0 Å². The van der Waals surface area contributed by atoms with Gasteiger partial charge in [0.05, 0.1) is 0 Å². The molecule has 1 saturated carbocycles. The van der Waals surface area contributed by atoms with Gasteiger partial charge in [0.15, 0.2) is 0 Å². The number of hydrogen-bond donors (Lipinski definition) is 0. The molecule has 2 heteroatoms. The van der Waals surface area contributed by atoms with E-state index in [-0.39, 0.29) is 0 Å². The second-order valence-corrected chi connectivity index (χ2v) is 4.53. The van der Waals surface area contributed by atoms with E-state index in [9.17, 15) is 0 Å². The highest BCUT2D eigenvalue weighted by Gasteiger charge is 2.22. The van der Waals surface area contributed by atoms with Crippen LogP contribution < -0.4 is 0 Å². The Balaban J connectivity index is 1.65. The van der Waals surface area contributed by atoms with Crippen molar-refractivity contribution in [2.24, 2.45) is 5.92 Å². The molecule has 1 heterocycles. The van der Waals surface area contributed by atoms with Gasteiger partial charge >= 0.3 is 0 Å². The molecule has 2 fully saturated rings. The first-order valence-electron chi connectivity index (χ1n) is 5.83. The van der Waals surface area contributed by atoms with E-state index < -0.39 is 0 Å². The quantitative estimate of drug-likeness (QED) is 0.651. The summed E-state index contributed by atoms with van der Waals surface area (Å²) in [6, 6.07) is 0. The average Bonchev–Trinajstić information content (AvgIpc) is 2.12. The molecule has 0 bridgehead atoms. The summed E-state index contributed by atoms with van der Waals surface area (Å²) in [5, 5.41) is 0. The third-order valence-corrected chi connectivity index (χ3v) is 3.65. The molecule has 0 N–H and O–H groups in total. The molecule has 0 aromatic carbocycles. The van der Waals surface area contributed by atoms with Crippen LogP contribution in [0.1, 0.15) is 26.2 Å². The lowest BCUT2D eigenvalue weighted by atomic mass is 9.85. The molecule has 0 amide bonds. The van der Waals surface area contributed by atoms with Crippen molar-refractivity contribution < 1.29 is 0 Å². The van der Waals surface area contributed by atoms with E-state index in [1.54, 1.807) is 0 Å². The molecule has 0 spiro atoms. The van der Waals surface area contributed by atoms with Crippen molar-refractivity contribution >= 4 is 0 Å². The molecular weight excluding hydrogens is 160 g/mol. The predicted octanol–water partition coefficient (Wildman–Crippen LogP) is 1.42. The SMILES string of the molecule is CCN1CCN(CC2CCC2)CC1. The lowest BCUT2D eigenvalue weighted by Gasteiger charge is -2.38. The molecule has 0 aromatic rings. The molecule has 2 aliphatic rings. The predicted molar refractivity (Wildman–Crippen MR) is 55.9 cm³/mol. The zero-order valence-corrected chi connectivity index (χ0v) is 8.84. The van der Waals surface area contributed by atoms with Crippen molar-refractivity contribution in [2.45, 2.75) is 26.2 Å². The van der Waals surface area contributed by atoms with E-state index in [0.717, 1.165) is 5.92 Å². The molecule has 0 aromatic heterocycles. The first kappa shape index (κ1) is 9.47. The van der Waals surface area contributed by atoms with E-state index in [2.05, 4.69) is 16.7 Å². The topological polar surface area (TPSA) is 6.48 Å². The number of likely N-dealkylation sites (N-methyl/N-ethyl adjacent to an activating group) is 1. The van der Waals surface area contributed by atoms with Crippen LogP contribution in [0.3, 0.4) is 0 Å². The summed E-state index contributed by atoms with van der Waals surface area (Å²) in [7, 11) is 0. The van der Waals surface area contributed by atoms with Crippen LogP contribution in [-0.2, 0) is 0 Å². The lowest BCUT2D eigenvalue weighted by Crippen LogP contribution is -2.48. The van der Waals surface area contributed by atoms with E-state index >= 15 is 0 Å². The molecule has 1 aliphatic carbocycles. The van der Waals surface area contributed by atoms with Crippen LogP contribution in [0.2, 0.25) is 0 Å². The summed E-state index contributed by atoms with van der Waals surface area (Å²) in [5.41, 5.74) is 0. The first-order valence-corrected chi connectivity index (χ1v) is 5.83. The van der Waals surface area contributed by atoms with Crippen LogP contribution in [0.4, 0.5) is 0 Å². The number of hydrogen-bond acceptors (Lipinski definition) is 2. The second kappa shape index (κ2) is 4.43. The summed E-state index contributed by atoms with van der Waals surface area (Å²) >= 11 is 0. The Morgan fingerprint density at radius 3 is 2.08 bits per heavy atom. The largest absolute Gasteiger partial charge is 0.301 e. The smallest absolute Gasteiger partial charge is 0.0110 e. The Bertz CT molecular complexity index is 146.